The molecule has 0 saturated heterocycles. The third-order valence-electron chi connectivity index (χ3n) is 5.01. The van der Waals surface area contributed by atoms with Crippen LogP contribution >= 0.6 is 11.3 Å². The molecular weight excluding hydrogens is 400 g/mol. The van der Waals surface area contributed by atoms with Crippen molar-refractivity contribution in [2.75, 3.05) is 0 Å². The van der Waals surface area contributed by atoms with Crippen LogP contribution in [0.1, 0.15) is 37.1 Å². The van der Waals surface area contributed by atoms with Gasteiger partial charge >= 0.3 is 0 Å². The Balaban J connectivity index is 1.83. The molecule has 0 bridgehead atoms. The predicted octanol–water partition coefficient (Wildman–Crippen LogP) is 6.27. The van der Waals surface area contributed by atoms with Gasteiger partial charge in [0, 0.05) is 21.6 Å². The Kier molecular flexibility index (Phi) is 6.52. The van der Waals surface area contributed by atoms with Crippen LogP contribution < -0.4 is 0 Å². The van der Waals surface area contributed by atoms with E-state index in [1.165, 1.54) is 11.3 Å². The van der Waals surface area contributed by atoms with E-state index in [1.54, 1.807) is 24.3 Å². The highest BCUT2D eigenvalue weighted by molar-refractivity contribution is 7.10. The Bertz CT molecular complexity index is 1150. The third kappa shape index (κ3) is 4.88. The Morgan fingerprint density at radius 2 is 1.16 bits per heavy atom. The van der Waals surface area contributed by atoms with Crippen LogP contribution in [0.3, 0.4) is 0 Å². The molecule has 0 saturated carbocycles. The molecule has 0 aliphatic carbocycles. The number of rotatable bonds is 6. The smallest absolute Gasteiger partial charge is 0.175 e. The van der Waals surface area contributed by atoms with Crippen LogP contribution in [-0.2, 0) is 0 Å². The first-order chi connectivity index (χ1) is 15.2. The van der Waals surface area contributed by atoms with Gasteiger partial charge in [0.25, 0.3) is 0 Å². The van der Waals surface area contributed by atoms with Crippen molar-refractivity contribution < 1.29 is 9.59 Å². The van der Waals surface area contributed by atoms with Crippen LogP contribution in [0.4, 0.5) is 0 Å². The average molecular weight is 421 g/mol. The lowest BCUT2D eigenvalue weighted by Crippen LogP contribution is -2.30. The molecule has 1 unspecified atom stereocenters. The zero-order valence-electron chi connectivity index (χ0n) is 16.8. The van der Waals surface area contributed by atoms with Crippen LogP contribution in [0.5, 0.6) is 0 Å². The molecule has 1 atom stereocenters. The second-order valence-corrected chi connectivity index (χ2v) is 8.05. The second-order valence-electron chi connectivity index (χ2n) is 7.07. The van der Waals surface area contributed by atoms with Crippen molar-refractivity contribution in [2.45, 2.75) is 5.92 Å². The van der Waals surface area contributed by atoms with Gasteiger partial charge in [-0.05, 0) is 23.6 Å². The summed E-state index contributed by atoms with van der Waals surface area (Å²) in [6.45, 7) is 0. The van der Waals surface area contributed by atoms with Crippen molar-refractivity contribution in [3.63, 3.8) is 0 Å². The SMILES string of the molecule is O=C(c1ccccc1)C(C(=O)c1ccccc1)C(C#Cc1ccccc1)c1cccs1. The predicted molar refractivity (Wildman–Crippen MR) is 125 cm³/mol. The average Bonchev–Trinajstić information content (AvgIpc) is 3.37. The summed E-state index contributed by atoms with van der Waals surface area (Å²) < 4.78 is 0. The molecule has 150 valence electrons. The van der Waals surface area contributed by atoms with Gasteiger partial charge in [0.15, 0.2) is 11.6 Å². The van der Waals surface area contributed by atoms with E-state index < -0.39 is 11.8 Å². The maximum Gasteiger partial charge on any atom is 0.175 e. The summed E-state index contributed by atoms with van der Waals surface area (Å²) in [5, 5.41) is 1.95. The summed E-state index contributed by atoms with van der Waals surface area (Å²) in [6, 6.07) is 31.5. The third-order valence-corrected chi connectivity index (χ3v) is 5.97. The van der Waals surface area contributed by atoms with Crippen LogP contribution in [0.2, 0.25) is 0 Å². The van der Waals surface area contributed by atoms with Gasteiger partial charge in [-0.15, -0.1) is 11.3 Å². The summed E-state index contributed by atoms with van der Waals surface area (Å²) in [7, 11) is 0. The van der Waals surface area contributed by atoms with Gasteiger partial charge < -0.3 is 0 Å². The van der Waals surface area contributed by atoms with Crippen molar-refractivity contribution in [3.05, 3.63) is 130 Å². The van der Waals surface area contributed by atoms with E-state index in [9.17, 15) is 9.59 Å². The Morgan fingerprint density at radius 3 is 1.65 bits per heavy atom. The maximum atomic E-state index is 13.6. The fraction of sp³-hybridized carbons (Fsp3) is 0.0714. The number of thiophene rings is 1. The lowest BCUT2D eigenvalue weighted by atomic mass is 9.79. The van der Waals surface area contributed by atoms with Gasteiger partial charge in [-0.3, -0.25) is 9.59 Å². The lowest BCUT2D eigenvalue weighted by molar-refractivity contribution is 0.0798. The Morgan fingerprint density at radius 1 is 0.645 bits per heavy atom. The van der Waals surface area contributed by atoms with Crippen molar-refractivity contribution in [3.8, 4) is 11.8 Å². The van der Waals surface area contributed by atoms with E-state index in [0.29, 0.717) is 11.1 Å². The molecule has 4 aromatic rings. The first-order valence-electron chi connectivity index (χ1n) is 10.0. The monoisotopic (exact) mass is 420 g/mol. The topological polar surface area (TPSA) is 34.1 Å². The van der Waals surface area contributed by atoms with E-state index in [0.717, 1.165) is 10.4 Å². The van der Waals surface area contributed by atoms with Crippen LogP contribution in [0.15, 0.2) is 109 Å². The molecule has 0 amide bonds. The minimum absolute atomic E-state index is 0.213. The second kappa shape index (κ2) is 9.84. The van der Waals surface area contributed by atoms with E-state index >= 15 is 0 Å². The van der Waals surface area contributed by atoms with Gasteiger partial charge in [0.2, 0.25) is 0 Å². The molecule has 2 nitrogen and oxygen atoms in total. The summed E-state index contributed by atoms with van der Waals surface area (Å²) in [5.41, 5.74) is 1.88. The van der Waals surface area contributed by atoms with Gasteiger partial charge in [0.1, 0.15) is 5.92 Å². The minimum atomic E-state index is -0.931. The summed E-state index contributed by atoms with van der Waals surface area (Å²) in [5.74, 6) is 4.54. The number of hydrogen-bond acceptors (Lipinski definition) is 3. The standard InChI is InChI=1S/C28H20O2S/c29-27(22-13-6-2-7-14-22)26(28(30)23-15-8-3-9-16-23)24(25-17-10-20-31-25)19-18-21-11-4-1-5-12-21/h1-17,20,24,26H. The van der Waals surface area contributed by atoms with E-state index in [1.807, 2.05) is 84.2 Å². The van der Waals surface area contributed by atoms with Crippen molar-refractivity contribution in [2.24, 2.45) is 5.92 Å². The van der Waals surface area contributed by atoms with E-state index in [2.05, 4.69) is 11.8 Å². The highest BCUT2D eigenvalue weighted by atomic mass is 32.1. The number of carbonyl (C=O) groups excluding carboxylic acids is 2. The fourth-order valence-corrected chi connectivity index (χ4v) is 4.27. The molecule has 3 aromatic carbocycles. The quantitative estimate of drug-likeness (QED) is 0.209. The van der Waals surface area contributed by atoms with E-state index in [-0.39, 0.29) is 11.6 Å². The zero-order valence-corrected chi connectivity index (χ0v) is 17.6. The summed E-state index contributed by atoms with van der Waals surface area (Å²) in [4.78, 5) is 28.2. The molecule has 1 heterocycles. The zero-order chi connectivity index (χ0) is 21.5. The molecule has 31 heavy (non-hydrogen) atoms. The van der Waals surface area contributed by atoms with Gasteiger partial charge in [-0.25, -0.2) is 0 Å². The van der Waals surface area contributed by atoms with Crippen molar-refractivity contribution in [1.82, 2.24) is 0 Å². The molecule has 0 N–H and O–H groups in total. The maximum absolute atomic E-state index is 13.6. The Hall–Kier alpha value is -3.74. The number of ketones is 2. The first kappa shape index (κ1) is 20.5. The fourth-order valence-electron chi connectivity index (χ4n) is 3.46. The van der Waals surface area contributed by atoms with Gasteiger partial charge in [-0.2, -0.15) is 0 Å². The number of hydrogen-bond donors (Lipinski definition) is 0. The van der Waals surface area contributed by atoms with Crippen LogP contribution in [0.25, 0.3) is 0 Å². The molecule has 1 aromatic heterocycles. The number of benzene rings is 3. The van der Waals surface area contributed by atoms with Crippen molar-refractivity contribution >= 4 is 22.9 Å². The molecule has 0 radical (unpaired) electrons. The minimum Gasteiger partial charge on any atom is -0.293 e. The van der Waals surface area contributed by atoms with Gasteiger partial charge in [-0.1, -0.05) is 96.8 Å². The highest BCUT2D eigenvalue weighted by Crippen LogP contribution is 2.33. The van der Waals surface area contributed by atoms with Crippen LogP contribution in [-0.4, -0.2) is 11.6 Å². The normalized spacial score (nSPS) is 11.4. The van der Waals surface area contributed by atoms with Crippen LogP contribution in [0, 0.1) is 17.8 Å². The number of carbonyl (C=O) groups is 2. The van der Waals surface area contributed by atoms with E-state index in [4.69, 9.17) is 0 Å². The van der Waals surface area contributed by atoms with Crippen molar-refractivity contribution in [1.29, 1.82) is 0 Å². The molecular formula is C28H20O2S. The lowest BCUT2D eigenvalue weighted by Gasteiger charge is -2.21. The first-order valence-corrected chi connectivity index (χ1v) is 10.9. The molecule has 4 rings (SSSR count). The highest BCUT2D eigenvalue weighted by Gasteiger charge is 2.36. The summed E-state index contributed by atoms with van der Waals surface area (Å²) >= 11 is 1.51. The molecule has 0 aliphatic rings. The molecule has 0 fully saturated rings. The summed E-state index contributed by atoms with van der Waals surface area (Å²) in [6.07, 6.45) is 0. The van der Waals surface area contributed by atoms with Gasteiger partial charge in [0.05, 0.1) is 5.92 Å². The molecule has 0 spiro atoms. The Labute approximate surface area is 186 Å². The number of Topliss-reactive ketones (excluding diaryl/α,β-unsaturated/α-hetero) is 2. The molecule has 3 heteroatoms. The molecule has 0 aliphatic heterocycles. The largest absolute Gasteiger partial charge is 0.293 e.